The molecule has 2 rings (SSSR count). The maximum atomic E-state index is 12.0. The lowest BCUT2D eigenvalue weighted by Gasteiger charge is -2.26. The van der Waals surface area contributed by atoms with Crippen molar-refractivity contribution in [1.82, 2.24) is 0 Å². The van der Waals surface area contributed by atoms with Gasteiger partial charge in [-0.25, -0.2) is 0 Å². The molecular formula is C16H24N3O2+. The highest BCUT2D eigenvalue weighted by Gasteiger charge is 2.21. The summed E-state index contributed by atoms with van der Waals surface area (Å²) in [6.45, 7) is 6.43. The van der Waals surface area contributed by atoms with Gasteiger partial charge in [-0.05, 0) is 43.0 Å². The average Bonchev–Trinajstić information content (AvgIpc) is 2.43. The average molecular weight is 290 g/mol. The highest BCUT2D eigenvalue weighted by molar-refractivity contribution is 5.92. The third-order valence-corrected chi connectivity index (χ3v) is 3.88. The molecule has 0 unspecified atom stereocenters. The molecule has 3 N–H and O–H groups in total. The number of carbonyl (C=O) groups excluding carboxylic acids is 2. The molecule has 1 aliphatic heterocycles. The van der Waals surface area contributed by atoms with E-state index in [0.717, 1.165) is 30.4 Å². The van der Waals surface area contributed by atoms with Crippen molar-refractivity contribution in [2.75, 3.05) is 30.3 Å². The summed E-state index contributed by atoms with van der Waals surface area (Å²) >= 11 is 0. The summed E-state index contributed by atoms with van der Waals surface area (Å²) in [6, 6.07) is 7.17. The van der Waals surface area contributed by atoms with E-state index in [2.05, 4.69) is 17.6 Å². The molecule has 0 saturated carbocycles. The van der Waals surface area contributed by atoms with Crippen LogP contribution in [0.1, 0.15) is 26.7 Å². The van der Waals surface area contributed by atoms with E-state index in [1.54, 1.807) is 24.3 Å². The molecule has 0 atom stereocenters. The Kier molecular flexibility index (Phi) is 5.33. The number of amides is 2. The number of benzene rings is 1. The minimum atomic E-state index is -0.102. The zero-order valence-corrected chi connectivity index (χ0v) is 12.7. The lowest BCUT2D eigenvalue weighted by atomic mass is 9.99. The summed E-state index contributed by atoms with van der Waals surface area (Å²) in [5, 5.41) is 5.61. The van der Waals surface area contributed by atoms with Crippen LogP contribution in [0.2, 0.25) is 0 Å². The van der Waals surface area contributed by atoms with Crippen LogP contribution in [0.25, 0.3) is 0 Å². The Morgan fingerprint density at radius 1 is 1.10 bits per heavy atom. The molecule has 0 aromatic heterocycles. The molecule has 1 heterocycles. The van der Waals surface area contributed by atoms with E-state index >= 15 is 0 Å². The lowest BCUT2D eigenvalue weighted by molar-refractivity contribution is -0.897. The Morgan fingerprint density at radius 3 is 2.14 bits per heavy atom. The van der Waals surface area contributed by atoms with Crippen molar-refractivity contribution in [2.45, 2.75) is 26.7 Å². The smallest absolute Gasteiger partial charge is 0.279 e. The topological polar surface area (TPSA) is 62.6 Å². The van der Waals surface area contributed by atoms with Gasteiger partial charge in [0.2, 0.25) is 5.91 Å². The summed E-state index contributed by atoms with van der Waals surface area (Å²) in [5.41, 5.74) is 1.50. The van der Waals surface area contributed by atoms with Crippen LogP contribution in [0.4, 0.5) is 11.4 Å². The largest absolute Gasteiger partial charge is 0.327 e. The first kappa shape index (κ1) is 15.5. The lowest BCUT2D eigenvalue weighted by Crippen LogP contribution is -3.14. The number of quaternary nitrogens is 1. The van der Waals surface area contributed by atoms with Crippen molar-refractivity contribution in [2.24, 2.45) is 5.92 Å². The summed E-state index contributed by atoms with van der Waals surface area (Å²) in [4.78, 5) is 24.3. The Balaban J connectivity index is 1.80. The standard InChI is InChI=1S/C16H23N3O2/c1-12-7-9-19(10-8-12)11-16(21)18-15-5-3-14(4-6-15)17-13(2)20/h3-6,12H,7-11H2,1-2H3,(H,17,20)(H,18,21)/p+1. The van der Waals surface area contributed by atoms with Gasteiger partial charge >= 0.3 is 0 Å². The summed E-state index contributed by atoms with van der Waals surface area (Å²) in [5.74, 6) is 0.736. The van der Waals surface area contributed by atoms with Gasteiger partial charge in [0.15, 0.2) is 6.54 Å². The van der Waals surface area contributed by atoms with Crippen LogP contribution in [-0.2, 0) is 9.59 Å². The van der Waals surface area contributed by atoms with Crippen LogP contribution in [0.3, 0.4) is 0 Å². The second-order valence-electron chi connectivity index (χ2n) is 5.92. The van der Waals surface area contributed by atoms with E-state index in [0.29, 0.717) is 6.54 Å². The molecule has 0 bridgehead atoms. The SMILES string of the molecule is CC(=O)Nc1ccc(NC(=O)C[NH+]2CCC(C)CC2)cc1. The van der Waals surface area contributed by atoms with Crippen LogP contribution in [0.5, 0.6) is 0 Å². The van der Waals surface area contributed by atoms with E-state index in [9.17, 15) is 9.59 Å². The number of hydrogen-bond donors (Lipinski definition) is 3. The fourth-order valence-electron chi connectivity index (χ4n) is 2.62. The van der Waals surface area contributed by atoms with Crippen LogP contribution in [0.15, 0.2) is 24.3 Å². The Hall–Kier alpha value is -1.88. The van der Waals surface area contributed by atoms with Crippen molar-refractivity contribution in [3.05, 3.63) is 24.3 Å². The first-order valence-electron chi connectivity index (χ1n) is 7.54. The van der Waals surface area contributed by atoms with E-state index < -0.39 is 0 Å². The number of nitrogens with one attached hydrogen (secondary N) is 3. The molecule has 2 amide bonds. The molecule has 1 saturated heterocycles. The van der Waals surface area contributed by atoms with Gasteiger partial charge in [-0.3, -0.25) is 9.59 Å². The highest BCUT2D eigenvalue weighted by atomic mass is 16.2. The quantitative estimate of drug-likeness (QED) is 0.771. The molecule has 1 aromatic carbocycles. The molecule has 114 valence electrons. The molecule has 5 nitrogen and oxygen atoms in total. The summed E-state index contributed by atoms with van der Waals surface area (Å²) in [6.07, 6.45) is 2.40. The molecule has 0 aliphatic carbocycles. The van der Waals surface area contributed by atoms with E-state index in [4.69, 9.17) is 0 Å². The second-order valence-corrected chi connectivity index (χ2v) is 5.92. The van der Waals surface area contributed by atoms with Crippen molar-refractivity contribution in [3.8, 4) is 0 Å². The fourth-order valence-corrected chi connectivity index (χ4v) is 2.62. The number of rotatable bonds is 4. The summed E-state index contributed by atoms with van der Waals surface area (Å²) in [7, 11) is 0. The van der Waals surface area contributed by atoms with Crippen molar-refractivity contribution < 1.29 is 14.5 Å². The number of anilines is 2. The van der Waals surface area contributed by atoms with E-state index in [1.807, 2.05) is 0 Å². The van der Waals surface area contributed by atoms with Crippen LogP contribution < -0.4 is 15.5 Å². The minimum absolute atomic E-state index is 0.0480. The third kappa shape index (κ3) is 5.19. The monoisotopic (exact) mass is 290 g/mol. The predicted molar refractivity (Wildman–Crippen MR) is 83.3 cm³/mol. The zero-order valence-electron chi connectivity index (χ0n) is 12.7. The van der Waals surface area contributed by atoms with Gasteiger partial charge in [-0.15, -0.1) is 0 Å². The molecule has 1 aromatic rings. The number of carbonyl (C=O) groups is 2. The van der Waals surface area contributed by atoms with Gasteiger partial charge in [0.05, 0.1) is 13.1 Å². The molecule has 5 heteroatoms. The van der Waals surface area contributed by atoms with Gasteiger partial charge in [-0.2, -0.15) is 0 Å². The van der Waals surface area contributed by atoms with Crippen molar-refractivity contribution in [1.29, 1.82) is 0 Å². The van der Waals surface area contributed by atoms with Crippen LogP contribution >= 0.6 is 0 Å². The maximum absolute atomic E-state index is 12.0. The zero-order chi connectivity index (χ0) is 15.2. The summed E-state index contributed by atoms with van der Waals surface area (Å²) < 4.78 is 0. The van der Waals surface area contributed by atoms with Crippen LogP contribution in [0, 0.1) is 5.92 Å². The van der Waals surface area contributed by atoms with E-state index in [1.165, 1.54) is 24.7 Å². The Morgan fingerprint density at radius 2 is 1.62 bits per heavy atom. The van der Waals surface area contributed by atoms with Crippen LogP contribution in [-0.4, -0.2) is 31.4 Å². The van der Waals surface area contributed by atoms with Gasteiger partial charge in [-0.1, -0.05) is 6.92 Å². The minimum Gasteiger partial charge on any atom is -0.327 e. The molecule has 21 heavy (non-hydrogen) atoms. The number of likely N-dealkylation sites (tertiary alicyclic amines) is 1. The third-order valence-electron chi connectivity index (χ3n) is 3.88. The Labute approximate surface area is 125 Å². The fraction of sp³-hybridized carbons (Fsp3) is 0.500. The van der Waals surface area contributed by atoms with Gasteiger partial charge < -0.3 is 15.5 Å². The number of piperidine rings is 1. The van der Waals surface area contributed by atoms with Gasteiger partial charge in [0.1, 0.15) is 0 Å². The Bertz CT molecular complexity index is 491. The molecule has 1 aliphatic rings. The molecule has 0 spiro atoms. The molecule has 0 radical (unpaired) electrons. The first-order chi connectivity index (χ1) is 10.0. The van der Waals surface area contributed by atoms with Gasteiger partial charge in [0.25, 0.3) is 5.91 Å². The molecule has 1 fully saturated rings. The number of hydrogen-bond acceptors (Lipinski definition) is 2. The van der Waals surface area contributed by atoms with Crippen molar-refractivity contribution >= 4 is 23.2 Å². The van der Waals surface area contributed by atoms with Gasteiger partial charge in [0, 0.05) is 18.3 Å². The van der Waals surface area contributed by atoms with E-state index in [-0.39, 0.29) is 11.8 Å². The second kappa shape index (κ2) is 7.22. The van der Waals surface area contributed by atoms with Crippen molar-refractivity contribution in [3.63, 3.8) is 0 Å². The highest BCUT2D eigenvalue weighted by Crippen LogP contribution is 2.13. The normalized spacial score (nSPS) is 21.6. The first-order valence-corrected chi connectivity index (χ1v) is 7.54. The molecular weight excluding hydrogens is 266 g/mol. The maximum Gasteiger partial charge on any atom is 0.279 e. The predicted octanol–water partition coefficient (Wildman–Crippen LogP) is 0.898.